The number of nitrogens with zero attached hydrogens (tertiary/aromatic N) is 6. The highest BCUT2D eigenvalue weighted by Crippen LogP contribution is 2.46. The lowest BCUT2D eigenvalue weighted by molar-refractivity contribution is -0.0668. The molecule has 1 aromatic rings. The number of hydrogen-bond acceptors (Lipinski definition) is 5. The Hall–Kier alpha value is -1.67. The van der Waals surface area contributed by atoms with Gasteiger partial charge in [0.05, 0.1) is 13.2 Å². The van der Waals surface area contributed by atoms with E-state index in [4.69, 9.17) is 9.73 Å². The molecule has 0 radical (unpaired) electrons. The van der Waals surface area contributed by atoms with Crippen molar-refractivity contribution in [3.8, 4) is 0 Å². The second-order valence-corrected chi connectivity index (χ2v) is 9.13. The lowest BCUT2D eigenvalue weighted by atomic mass is 9.65. The molecule has 1 N–H and O–H groups in total. The lowest BCUT2D eigenvalue weighted by Gasteiger charge is -2.62. The van der Waals surface area contributed by atoms with Gasteiger partial charge in [-0.05, 0) is 33.7 Å². The molecule has 3 rings (SSSR count). The largest absolute Gasteiger partial charge is 0.379 e. The first-order chi connectivity index (χ1) is 13.2. The molecule has 2 aliphatic rings. The van der Waals surface area contributed by atoms with E-state index < -0.39 is 0 Å². The van der Waals surface area contributed by atoms with E-state index in [-0.39, 0.29) is 11.0 Å². The molecular formula is C20H37N7O. The fourth-order valence-electron chi connectivity index (χ4n) is 3.70. The number of aliphatic imine (C=N–C) groups is 1. The number of morpholine rings is 1. The Morgan fingerprint density at radius 1 is 1.18 bits per heavy atom. The van der Waals surface area contributed by atoms with E-state index in [2.05, 4.69) is 53.0 Å². The van der Waals surface area contributed by atoms with E-state index >= 15 is 0 Å². The second-order valence-electron chi connectivity index (χ2n) is 9.13. The Bertz CT molecular complexity index is 689. The van der Waals surface area contributed by atoms with Gasteiger partial charge in [-0.1, -0.05) is 13.8 Å². The van der Waals surface area contributed by atoms with Crippen LogP contribution in [0.2, 0.25) is 0 Å². The van der Waals surface area contributed by atoms with Gasteiger partial charge in [-0.15, -0.1) is 10.2 Å². The van der Waals surface area contributed by atoms with Gasteiger partial charge >= 0.3 is 0 Å². The first-order valence-corrected chi connectivity index (χ1v) is 10.4. The number of hydrogen-bond donors (Lipinski definition) is 1. The molecule has 158 valence electrons. The van der Waals surface area contributed by atoms with Crippen molar-refractivity contribution >= 4 is 5.96 Å². The summed E-state index contributed by atoms with van der Waals surface area (Å²) in [6, 6.07) is 0. The summed E-state index contributed by atoms with van der Waals surface area (Å²) in [6.45, 7) is 18.6. The molecule has 28 heavy (non-hydrogen) atoms. The van der Waals surface area contributed by atoms with Crippen molar-refractivity contribution < 1.29 is 4.74 Å². The standard InChI is InChI=1S/C20H37N7O/c1-16-23-24-17(25(16)6)14-22-18(27-15-19(2,3)20(27,4)5)21-8-7-9-26-10-12-28-13-11-26/h7-15H2,1-6H3,(H,21,22). The summed E-state index contributed by atoms with van der Waals surface area (Å²) in [7, 11) is 1.99. The van der Waals surface area contributed by atoms with Gasteiger partial charge in [-0.25, -0.2) is 4.99 Å². The van der Waals surface area contributed by atoms with E-state index in [1.807, 2.05) is 18.5 Å². The third kappa shape index (κ3) is 4.33. The third-order valence-electron chi connectivity index (χ3n) is 6.73. The summed E-state index contributed by atoms with van der Waals surface area (Å²) in [5.74, 6) is 2.78. The maximum absolute atomic E-state index is 5.43. The Balaban J connectivity index is 1.61. The van der Waals surface area contributed by atoms with Crippen molar-refractivity contribution in [2.75, 3.05) is 45.9 Å². The molecule has 2 saturated heterocycles. The zero-order valence-corrected chi connectivity index (χ0v) is 18.5. The molecule has 2 fully saturated rings. The summed E-state index contributed by atoms with van der Waals surface area (Å²) in [4.78, 5) is 9.78. The van der Waals surface area contributed by atoms with E-state index in [0.29, 0.717) is 6.54 Å². The molecular weight excluding hydrogens is 354 g/mol. The van der Waals surface area contributed by atoms with Crippen LogP contribution in [0, 0.1) is 12.3 Å². The summed E-state index contributed by atoms with van der Waals surface area (Å²) in [5.41, 5.74) is 0.337. The van der Waals surface area contributed by atoms with Crippen molar-refractivity contribution in [1.29, 1.82) is 0 Å². The van der Waals surface area contributed by atoms with E-state index in [1.165, 1.54) is 0 Å². The van der Waals surface area contributed by atoms with Crippen LogP contribution < -0.4 is 5.32 Å². The van der Waals surface area contributed by atoms with Crippen LogP contribution in [0.5, 0.6) is 0 Å². The van der Waals surface area contributed by atoms with Crippen LogP contribution in [0.3, 0.4) is 0 Å². The van der Waals surface area contributed by atoms with Crippen molar-refractivity contribution in [3.63, 3.8) is 0 Å². The fourth-order valence-corrected chi connectivity index (χ4v) is 3.70. The van der Waals surface area contributed by atoms with Crippen molar-refractivity contribution in [2.24, 2.45) is 17.5 Å². The van der Waals surface area contributed by atoms with Crippen molar-refractivity contribution in [3.05, 3.63) is 11.6 Å². The Labute approximate surface area is 169 Å². The molecule has 0 atom stereocenters. The highest BCUT2D eigenvalue weighted by molar-refractivity contribution is 5.82. The molecule has 0 spiro atoms. The van der Waals surface area contributed by atoms with Gasteiger partial charge in [-0.3, -0.25) is 4.90 Å². The van der Waals surface area contributed by atoms with Crippen LogP contribution in [0.4, 0.5) is 0 Å². The molecule has 0 unspecified atom stereocenters. The Morgan fingerprint density at radius 3 is 2.46 bits per heavy atom. The first kappa shape index (κ1) is 21.0. The number of aryl methyl sites for hydroxylation is 1. The number of guanidine groups is 1. The maximum Gasteiger partial charge on any atom is 0.194 e. The summed E-state index contributed by atoms with van der Waals surface area (Å²) in [6.07, 6.45) is 1.10. The fraction of sp³-hybridized carbons (Fsp3) is 0.850. The average Bonchev–Trinajstić information content (AvgIpc) is 2.99. The zero-order valence-electron chi connectivity index (χ0n) is 18.5. The molecule has 0 amide bonds. The van der Waals surface area contributed by atoms with Gasteiger partial charge in [0, 0.05) is 44.2 Å². The molecule has 0 saturated carbocycles. The van der Waals surface area contributed by atoms with Crippen LogP contribution in [0.1, 0.15) is 45.8 Å². The topological polar surface area (TPSA) is 70.8 Å². The van der Waals surface area contributed by atoms with Crippen LogP contribution in [0.15, 0.2) is 4.99 Å². The van der Waals surface area contributed by atoms with Gasteiger partial charge in [0.15, 0.2) is 11.8 Å². The number of likely N-dealkylation sites (tertiary alicyclic amines) is 1. The zero-order chi connectivity index (χ0) is 20.4. The first-order valence-electron chi connectivity index (χ1n) is 10.4. The average molecular weight is 392 g/mol. The molecule has 1 aromatic heterocycles. The summed E-state index contributed by atoms with van der Waals surface area (Å²) < 4.78 is 7.43. The van der Waals surface area contributed by atoms with Crippen LogP contribution in [-0.2, 0) is 18.3 Å². The van der Waals surface area contributed by atoms with Gasteiger partial charge in [-0.2, -0.15) is 0 Å². The van der Waals surface area contributed by atoms with Crippen LogP contribution >= 0.6 is 0 Å². The highest BCUT2D eigenvalue weighted by atomic mass is 16.5. The summed E-state index contributed by atoms with van der Waals surface area (Å²) >= 11 is 0. The monoisotopic (exact) mass is 391 g/mol. The van der Waals surface area contributed by atoms with Gasteiger partial charge in [0.1, 0.15) is 12.4 Å². The maximum atomic E-state index is 5.43. The molecule has 0 aromatic carbocycles. The van der Waals surface area contributed by atoms with E-state index in [0.717, 1.165) is 70.0 Å². The molecule has 0 bridgehead atoms. The normalized spacial score (nSPS) is 22.2. The number of aromatic nitrogens is 3. The Morgan fingerprint density at radius 2 is 1.89 bits per heavy atom. The minimum absolute atomic E-state index is 0.0683. The molecule has 3 heterocycles. The number of rotatable bonds is 6. The summed E-state index contributed by atoms with van der Waals surface area (Å²) in [5, 5.41) is 12.0. The van der Waals surface area contributed by atoms with Gasteiger partial charge in [0.25, 0.3) is 0 Å². The smallest absolute Gasteiger partial charge is 0.194 e. The predicted molar refractivity (Wildman–Crippen MR) is 111 cm³/mol. The quantitative estimate of drug-likeness (QED) is 0.449. The number of ether oxygens (including phenoxy) is 1. The molecule has 2 aliphatic heterocycles. The number of nitrogens with one attached hydrogen (secondary N) is 1. The SMILES string of the molecule is Cc1nnc(CN=C(NCCCN2CCOCC2)N2CC(C)(C)C2(C)C)n1C. The van der Waals surface area contributed by atoms with Crippen molar-refractivity contribution in [1.82, 2.24) is 29.9 Å². The second kappa shape index (κ2) is 8.37. The van der Waals surface area contributed by atoms with E-state index in [9.17, 15) is 0 Å². The lowest BCUT2D eigenvalue weighted by Crippen LogP contribution is -2.72. The molecule has 8 heteroatoms. The minimum atomic E-state index is 0.0683. The third-order valence-corrected chi connectivity index (χ3v) is 6.73. The van der Waals surface area contributed by atoms with Crippen LogP contribution in [-0.4, -0.2) is 82.0 Å². The highest BCUT2D eigenvalue weighted by Gasteiger charge is 2.53. The minimum Gasteiger partial charge on any atom is -0.379 e. The van der Waals surface area contributed by atoms with Crippen molar-refractivity contribution in [2.45, 2.75) is 53.1 Å². The molecule has 8 nitrogen and oxygen atoms in total. The Kier molecular flexibility index (Phi) is 6.29. The van der Waals surface area contributed by atoms with Gasteiger partial charge < -0.3 is 19.5 Å². The van der Waals surface area contributed by atoms with E-state index in [1.54, 1.807) is 0 Å². The predicted octanol–water partition coefficient (Wildman–Crippen LogP) is 1.41. The van der Waals surface area contributed by atoms with Gasteiger partial charge in [0.2, 0.25) is 0 Å². The molecule has 0 aliphatic carbocycles. The van der Waals surface area contributed by atoms with Crippen LogP contribution in [0.25, 0.3) is 0 Å².